The average Bonchev–Trinajstić information content (AvgIpc) is 2.92. The van der Waals surface area contributed by atoms with Crippen molar-refractivity contribution >= 4 is 39.6 Å². The fourth-order valence-electron chi connectivity index (χ4n) is 4.37. The first-order valence-corrected chi connectivity index (χ1v) is 16.4. The van der Waals surface area contributed by atoms with Crippen LogP contribution >= 0.6 is 30.0 Å². The second-order valence-corrected chi connectivity index (χ2v) is 15.4. The summed E-state index contributed by atoms with van der Waals surface area (Å²) in [5, 5.41) is 0.731. The van der Waals surface area contributed by atoms with Gasteiger partial charge in [0, 0.05) is 5.02 Å². The number of allylic oxidation sites excluding steroid dienone is 1. The molecule has 4 nitrogen and oxygen atoms in total. The summed E-state index contributed by atoms with van der Waals surface area (Å²) in [5.74, 6) is 0.838. The first kappa shape index (κ1) is 21.1. The molecule has 3 aliphatic heterocycles. The zero-order valence-electron chi connectivity index (χ0n) is 17.5. The predicted molar refractivity (Wildman–Crippen MR) is 137 cm³/mol. The zero-order chi connectivity index (χ0) is 21.4. The van der Waals surface area contributed by atoms with E-state index in [1.54, 1.807) is 0 Å². The van der Waals surface area contributed by atoms with Crippen LogP contribution in [0.5, 0.6) is 5.75 Å². The third-order valence-corrected chi connectivity index (χ3v) is 9.88. The molecule has 1 atom stereocenters. The summed E-state index contributed by atoms with van der Waals surface area (Å²) in [6, 6.07) is 10.0. The number of ether oxygens (including phenoxy) is 1. The predicted octanol–water partition coefficient (Wildman–Crippen LogP) is 5.36. The Balaban J connectivity index is 1.44. The molecule has 1 fully saturated rings. The molecule has 162 valence electrons. The molecule has 31 heavy (non-hydrogen) atoms. The number of halogens is 2. The van der Waals surface area contributed by atoms with Gasteiger partial charge in [0.25, 0.3) is 0 Å². The number of benzene rings is 1. The summed E-state index contributed by atoms with van der Waals surface area (Å²) >= 11 is 3.62. The van der Waals surface area contributed by atoms with Crippen molar-refractivity contribution in [3.05, 3.63) is 85.8 Å². The van der Waals surface area contributed by atoms with Gasteiger partial charge in [0.15, 0.2) is 0 Å². The van der Waals surface area contributed by atoms with E-state index in [9.17, 15) is 3.44 Å². The number of likely N-dealkylation sites (tertiary alicyclic amines) is 1. The third kappa shape index (κ3) is 4.55. The van der Waals surface area contributed by atoms with Crippen molar-refractivity contribution in [2.75, 3.05) is 24.6 Å². The van der Waals surface area contributed by atoms with E-state index < -0.39 is 18.4 Å². The van der Waals surface area contributed by atoms with E-state index in [1.165, 1.54) is 22.3 Å². The topological polar surface area (TPSA) is 45.6 Å². The van der Waals surface area contributed by atoms with E-state index in [2.05, 4.69) is 23.1 Å². The molecular weight excluding hydrogens is 523 g/mol. The number of fused-ring (bicyclic) bond motifs is 2. The SMILES string of the molecule is CI1(O)=CC=C(CN2CCC(=C3c4ccc(Cl)cc4COc4cccnc43)CC2)C=C1. The van der Waals surface area contributed by atoms with E-state index in [4.69, 9.17) is 21.3 Å². The van der Waals surface area contributed by atoms with Crippen LogP contribution in [0.3, 0.4) is 0 Å². The van der Waals surface area contributed by atoms with Crippen LogP contribution in [-0.4, -0.2) is 41.9 Å². The van der Waals surface area contributed by atoms with E-state index >= 15 is 0 Å². The van der Waals surface area contributed by atoms with Crippen molar-refractivity contribution in [1.29, 1.82) is 0 Å². The minimum absolute atomic E-state index is 0.503. The normalized spacial score (nSPS) is 25.3. The maximum atomic E-state index is 10.2. The van der Waals surface area contributed by atoms with Crippen LogP contribution in [0.1, 0.15) is 29.7 Å². The van der Waals surface area contributed by atoms with Gasteiger partial charge in [-0.2, -0.15) is 0 Å². The number of hydrogen-bond acceptors (Lipinski definition) is 4. The molecule has 2 aromatic rings. The molecule has 6 heteroatoms. The van der Waals surface area contributed by atoms with Gasteiger partial charge in [-0.1, -0.05) is 11.6 Å². The molecule has 1 N–H and O–H groups in total. The van der Waals surface area contributed by atoms with Crippen LogP contribution in [0.4, 0.5) is 0 Å². The van der Waals surface area contributed by atoms with Crippen LogP contribution < -0.4 is 4.74 Å². The van der Waals surface area contributed by atoms with Crippen molar-refractivity contribution in [3.63, 3.8) is 0 Å². The summed E-state index contributed by atoms with van der Waals surface area (Å²) in [7, 11) is 0. The Morgan fingerprint density at radius 1 is 1.23 bits per heavy atom. The van der Waals surface area contributed by atoms with E-state index in [0.717, 1.165) is 54.5 Å². The van der Waals surface area contributed by atoms with Gasteiger partial charge in [0.1, 0.15) is 0 Å². The van der Waals surface area contributed by atoms with Crippen molar-refractivity contribution in [1.82, 2.24) is 9.88 Å². The molecule has 0 bridgehead atoms. The number of rotatable bonds is 2. The fraction of sp³-hybridized carbons (Fsp3) is 0.280. The quantitative estimate of drug-likeness (QED) is 0.405. The minimum atomic E-state index is -2.66. The molecule has 0 saturated carbocycles. The molecule has 0 radical (unpaired) electrons. The molecule has 1 unspecified atom stereocenters. The number of pyridine rings is 1. The molecule has 4 heterocycles. The van der Waals surface area contributed by atoms with Crippen molar-refractivity contribution < 1.29 is 8.17 Å². The van der Waals surface area contributed by atoms with Crippen molar-refractivity contribution in [2.24, 2.45) is 0 Å². The number of hydrogen-bond donors (Lipinski definition) is 1. The second kappa shape index (κ2) is 8.62. The van der Waals surface area contributed by atoms with Crippen LogP contribution in [0.2, 0.25) is 5.02 Å². The third-order valence-electron chi connectivity index (χ3n) is 6.01. The van der Waals surface area contributed by atoms with Gasteiger partial charge in [0.05, 0.1) is 0 Å². The molecule has 1 aromatic heterocycles. The number of piperidine rings is 1. The van der Waals surface area contributed by atoms with E-state index in [1.807, 2.05) is 43.5 Å². The van der Waals surface area contributed by atoms with Crippen LogP contribution in [0.25, 0.3) is 5.57 Å². The van der Waals surface area contributed by atoms with Gasteiger partial charge in [-0.3, -0.25) is 0 Å². The molecule has 3 aliphatic rings. The summed E-state index contributed by atoms with van der Waals surface area (Å²) in [6.07, 6.45) is 8.09. The standard InChI is InChI=1S/C25H26ClIN2O2/c1-27(30)10-6-18(7-11-27)16-29-13-8-19(9-14-29)24-22-5-4-21(26)15-20(22)17-31-23-3-2-12-28-25(23)24/h2-7,10-12,15,30H,8-9,13-14,16-17H2,1H3. The average molecular weight is 549 g/mol. The Hall–Kier alpha value is -1.80. The summed E-state index contributed by atoms with van der Waals surface area (Å²) in [5.41, 5.74) is 7.16. The molecule has 1 saturated heterocycles. The Kier molecular flexibility index (Phi) is 5.86. The zero-order valence-corrected chi connectivity index (χ0v) is 20.4. The number of aromatic nitrogens is 1. The summed E-state index contributed by atoms with van der Waals surface area (Å²) in [6.45, 7) is 3.44. The van der Waals surface area contributed by atoms with E-state index in [0.29, 0.717) is 6.61 Å². The Bertz CT molecular complexity index is 1170. The van der Waals surface area contributed by atoms with Crippen molar-refractivity contribution in [3.8, 4) is 5.75 Å². The van der Waals surface area contributed by atoms with Gasteiger partial charge in [-0.15, -0.1) is 0 Å². The van der Waals surface area contributed by atoms with Gasteiger partial charge >= 0.3 is 170 Å². The molecule has 0 amide bonds. The van der Waals surface area contributed by atoms with E-state index in [-0.39, 0.29) is 0 Å². The maximum absolute atomic E-state index is 10.2. The first-order valence-electron chi connectivity index (χ1n) is 10.4. The summed E-state index contributed by atoms with van der Waals surface area (Å²) in [4.78, 5) is 9.18. The number of nitrogens with zero attached hydrogens (tertiary/aromatic N) is 2. The van der Waals surface area contributed by atoms with Crippen LogP contribution in [-0.2, 0) is 6.61 Å². The van der Waals surface area contributed by atoms with Crippen LogP contribution in [0, 0.1) is 0 Å². The Labute approximate surface area is 192 Å². The van der Waals surface area contributed by atoms with Gasteiger partial charge < -0.3 is 0 Å². The first-order chi connectivity index (χ1) is 15.0. The molecule has 5 rings (SSSR count). The number of alkyl halides is 1. The van der Waals surface area contributed by atoms with Gasteiger partial charge in [-0.05, 0) is 6.07 Å². The molecule has 0 spiro atoms. The van der Waals surface area contributed by atoms with Gasteiger partial charge in [-0.25, -0.2) is 0 Å². The molecule has 1 aromatic carbocycles. The fourth-order valence-corrected chi connectivity index (χ4v) is 7.18. The monoisotopic (exact) mass is 548 g/mol. The van der Waals surface area contributed by atoms with Crippen molar-refractivity contribution in [2.45, 2.75) is 19.4 Å². The van der Waals surface area contributed by atoms with Crippen LogP contribution in [0.15, 0.2) is 63.9 Å². The Morgan fingerprint density at radius 3 is 2.84 bits per heavy atom. The second-order valence-electron chi connectivity index (χ2n) is 8.28. The molecule has 0 aliphatic carbocycles. The Morgan fingerprint density at radius 2 is 2.06 bits per heavy atom. The van der Waals surface area contributed by atoms with Gasteiger partial charge in [0.2, 0.25) is 0 Å². The molecular formula is C25H26ClIN2O2. The summed E-state index contributed by atoms with van der Waals surface area (Å²) < 4.78 is 20.4.